The molecule has 0 aromatic carbocycles. The van der Waals surface area contributed by atoms with E-state index in [4.69, 9.17) is 0 Å². The standard InChI is InChI=1S/C16H31N3O/c1-13(2)11-15-17-12-16(20)19(15)10-6-9-18-8-5-4-7-14(18)3/h13-15,17H,4-12H2,1-3H3. The van der Waals surface area contributed by atoms with Gasteiger partial charge in [-0.25, -0.2) is 0 Å². The molecule has 2 fully saturated rings. The Kier molecular flexibility index (Phi) is 5.85. The van der Waals surface area contributed by atoms with Gasteiger partial charge >= 0.3 is 0 Å². The molecule has 0 spiro atoms. The Hall–Kier alpha value is -0.610. The average molecular weight is 281 g/mol. The Labute approximate surface area is 123 Å². The molecule has 2 aliphatic heterocycles. The normalized spacial score (nSPS) is 28.6. The zero-order chi connectivity index (χ0) is 14.5. The molecule has 2 heterocycles. The number of carbonyl (C=O) groups is 1. The minimum Gasteiger partial charge on any atom is -0.326 e. The van der Waals surface area contributed by atoms with E-state index in [9.17, 15) is 4.79 Å². The summed E-state index contributed by atoms with van der Waals surface area (Å²) in [6, 6.07) is 0.725. The molecule has 4 nitrogen and oxygen atoms in total. The number of nitrogens with one attached hydrogen (secondary N) is 1. The molecular formula is C16H31N3O. The van der Waals surface area contributed by atoms with Gasteiger partial charge in [0.25, 0.3) is 0 Å². The number of likely N-dealkylation sites (tertiary alicyclic amines) is 1. The highest BCUT2D eigenvalue weighted by Gasteiger charge is 2.30. The van der Waals surface area contributed by atoms with E-state index < -0.39 is 0 Å². The number of rotatable bonds is 6. The fourth-order valence-electron chi connectivity index (χ4n) is 3.46. The van der Waals surface area contributed by atoms with Crippen molar-refractivity contribution < 1.29 is 4.79 Å². The van der Waals surface area contributed by atoms with Gasteiger partial charge in [-0.05, 0) is 45.1 Å². The molecule has 1 N–H and O–H groups in total. The number of piperidine rings is 1. The Morgan fingerprint density at radius 3 is 2.80 bits per heavy atom. The van der Waals surface area contributed by atoms with Crippen LogP contribution in [0.2, 0.25) is 0 Å². The lowest BCUT2D eigenvalue weighted by atomic mass is 10.0. The summed E-state index contributed by atoms with van der Waals surface area (Å²) in [5.74, 6) is 0.908. The van der Waals surface area contributed by atoms with Crippen LogP contribution in [0, 0.1) is 5.92 Å². The second-order valence-electron chi connectivity index (χ2n) is 6.85. The van der Waals surface area contributed by atoms with Crippen LogP contribution >= 0.6 is 0 Å². The first kappa shape index (κ1) is 15.8. The molecule has 2 unspecified atom stereocenters. The SMILES string of the molecule is CC(C)CC1NCC(=O)N1CCCN1CCCCC1C. The van der Waals surface area contributed by atoms with Gasteiger partial charge in [0, 0.05) is 19.1 Å². The van der Waals surface area contributed by atoms with Crippen LogP contribution in [0.4, 0.5) is 0 Å². The molecule has 2 aliphatic rings. The van der Waals surface area contributed by atoms with Crippen LogP contribution in [0.15, 0.2) is 0 Å². The zero-order valence-electron chi connectivity index (χ0n) is 13.4. The summed E-state index contributed by atoms with van der Waals surface area (Å²) < 4.78 is 0. The van der Waals surface area contributed by atoms with Crippen molar-refractivity contribution in [1.29, 1.82) is 0 Å². The van der Waals surface area contributed by atoms with E-state index in [2.05, 4.69) is 35.9 Å². The number of nitrogens with zero attached hydrogens (tertiary/aromatic N) is 2. The summed E-state index contributed by atoms with van der Waals surface area (Å²) in [7, 11) is 0. The molecule has 0 saturated carbocycles. The molecule has 0 radical (unpaired) electrons. The second-order valence-corrected chi connectivity index (χ2v) is 6.85. The van der Waals surface area contributed by atoms with Crippen molar-refractivity contribution in [3.63, 3.8) is 0 Å². The van der Waals surface area contributed by atoms with Crippen molar-refractivity contribution in [3.05, 3.63) is 0 Å². The topological polar surface area (TPSA) is 35.6 Å². The Balaban J connectivity index is 1.75. The fourth-order valence-corrected chi connectivity index (χ4v) is 3.46. The van der Waals surface area contributed by atoms with Crippen LogP contribution in [0.3, 0.4) is 0 Å². The summed E-state index contributed by atoms with van der Waals surface area (Å²) in [6.07, 6.45) is 6.48. The van der Waals surface area contributed by atoms with Gasteiger partial charge in [0.1, 0.15) is 0 Å². The van der Waals surface area contributed by atoms with Crippen LogP contribution < -0.4 is 5.32 Å². The summed E-state index contributed by atoms with van der Waals surface area (Å²) in [5.41, 5.74) is 0. The Morgan fingerprint density at radius 1 is 1.30 bits per heavy atom. The second kappa shape index (κ2) is 7.41. The molecule has 0 bridgehead atoms. The highest BCUT2D eigenvalue weighted by molar-refractivity contribution is 5.80. The van der Waals surface area contributed by atoms with Crippen LogP contribution in [0.25, 0.3) is 0 Å². The molecule has 1 amide bonds. The first-order chi connectivity index (χ1) is 9.58. The van der Waals surface area contributed by atoms with Crippen molar-refractivity contribution in [1.82, 2.24) is 15.1 Å². The fraction of sp³-hybridized carbons (Fsp3) is 0.938. The van der Waals surface area contributed by atoms with Crippen LogP contribution in [0.1, 0.15) is 52.9 Å². The number of carbonyl (C=O) groups excluding carboxylic acids is 1. The van der Waals surface area contributed by atoms with E-state index in [1.807, 2.05) is 0 Å². The minimum absolute atomic E-state index is 0.265. The zero-order valence-corrected chi connectivity index (χ0v) is 13.4. The van der Waals surface area contributed by atoms with Gasteiger partial charge < -0.3 is 9.80 Å². The summed E-state index contributed by atoms with van der Waals surface area (Å²) in [4.78, 5) is 16.6. The monoisotopic (exact) mass is 281 g/mol. The lowest BCUT2D eigenvalue weighted by Crippen LogP contribution is -2.42. The van der Waals surface area contributed by atoms with Crippen molar-refractivity contribution in [2.75, 3.05) is 26.2 Å². The maximum Gasteiger partial charge on any atom is 0.237 e. The molecule has 116 valence electrons. The van der Waals surface area contributed by atoms with Crippen molar-refractivity contribution in [2.24, 2.45) is 5.92 Å². The smallest absolute Gasteiger partial charge is 0.237 e. The van der Waals surface area contributed by atoms with Gasteiger partial charge in [-0.1, -0.05) is 20.3 Å². The lowest BCUT2D eigenvalue weighted by Gasteiger charge is -2.34. The first-order valence-electron chi connectivity index (χ1n) is 8.35. The van der Waals surface area contributed by atoms with E-state index in [-0.39, 0.29) is 12.1 Å². The van der Waals surface area contributed by atoms with Gasteiger partial charge in [0.2, 0.25) is 5.91 Å². The molecular weight excluding hydrogens is 250 g/mol. The first-order valence-corrected chi connectivity index (χ1v) is 8.35. The van der Waals surface area contributed by atoms with Gasteiger partial charge in [0.15, 0.2) is 0 Å². The van der Waals surface area contributed by atoms with E-state index in [0.717, 1.165) is 32.0 Å². The minimum atomic E-state index is 0.265. The van der Waals surface area contributed by atoms with Gasteiger partial charge in [-0.2, -0.15) is 0 Å². The quantitative estimate of drug-likeness (QED) is 0.809. The van der Waals surface area contributed by atoms with Crippen LogP contribution in [-0.2, 0) is 4.79 Å². The van der Waals surface area contributed by atoms with Crippen molar-refractivity contribution in [3.8, 4) is 0 Å². The van der Waals surface area contributed by atoms with Crippen LogP contribution in [0.5, 0.6) is 0 Å². The Morgan fingerprint density at radius 2 is 2.10 bits per heavy atom. The molecule has 0 aromatic rings. The number of hydrogen-bond acceptors (Lipinski definition) is 3. The van der Waals surface area contributed by atoms with Gasteiger partial charge in [-0.3, -0.25) is 10.1 Å². The predicted octanol–water partition coefficient (Wildman–Crippen LogP) is 2.05. The highest BCUT2D eigenvalue weighted by Crippen LogP contribution is 2.18. The van der Waals surface area contributed by atoms with Gasteiger partial charge in [-0.15, -0.1) is 0 Å². The molecule has 2 saturated heterocycles. The number of hydrogen-bond donors (Lipinski definition) is 1. The maximum absolute atomic E-state index is 12.0. The molecule has 2 rings (SSSR count). The van der Waals surface area contributed by atoms with E-state index in [1.54, 1.807) is 0 Å². The maximum atomic E-state index is 12.0. The van der Waals surface area contributed by atoms with E-state index >= 15 is 0 Å². The summed E-state index contributed by atoms with van der Waals surface area (Å²) in [5, 5.41) is 3.35. The van der Waals surface area contributed by atoms with Crippen molar-refractivity contribution >= 4 is 5.91 Å². The lowest BCUT2D eigenvalue weighted by molar-refractivity contribution is -0.128. The highest BCUT2D eigenvalue weighted by atomic mass is 16.2. The predicted molar refractivity (Wildman–Crippen MR) is 82.5 cm³/mol. The third kappa shape index (κ3) is 4.19. The van der Waals surface area contributed by atoms with E-state index in [0.29, 0.717) is 12.5 Å². The third-order valence-electron chi connectivity index (χ3n) is 4.67. The molecule has 4 heteroatoms. The molecule has 20 heavy (non-hydrogen) atoms. The Bertz CT molecular complexity index is 319. The molecule has 2 atom stereocenters. The van der Waals surface area contributed by atoms with Gasteiger partial charge in [0.05, 0.1) is 12.7 Å². The number of amides is 1. The summed E-state index contributed by atoms with van der Waals surface area (Å²) >= 11 is 0. The average Bonchev–Trinajstić information content (AvgIpc) is 2.73. The van der Waals surface area contributed by atoms with Crippen molar-refractivity contribution in [2.45, 2.75) is 65.1 Å². The molecule has 0 aromatic heterocycles. The largest absolute Gasteiger partial charge is 0.326 e. The third-order valence-corrected chi connectivity index (χ3v) is 4.67. The van der Waals surface area contributed by atoms with E-state index in [1.165, 1.54) is 25.8 Å². The summed E-state index contributed by atoms with van der Waals surface area (Å²) in [6.45, 7) is 10.6. The van der Waals surface area contributed by atoms with Crippen LogP contribution in [-0.4, -0.2) is 54.1 Å². The molecule has 0 aliphatic carbocycles.